The quantitative estimate of drug-likeness (QED) is 0.619. The topological polar surface area (TPSA) is 47.7 Å². The summed E-state index contributed by atoms with van der Waals surface area (Å²) in [6, 6.07) is 6.28. The summed E-state index contributed by atoms with van der Waals surface area (Å²) < 4.78 is 11.0. The Morgan fingerprint density at radius 3 is 2.68 bits per heavy atom. The molecular formula is C18H30N2O2. The molecule has 1 aromatic rings. The van der Waals surface area contributed by atoms with Gasteiger partial charge in [-0.2, -0.15) is 0 Å². The Morgan fingerprint density at radius 2 is 1.95 bits per heavy atom. The number of nitrogens with two attached hydrogens (primary N) is 1. The Hall–Kier alpha value is -1.26. The molecule has 124 valence electrons. The smallest absolute Gasteiger partial charge is 0.0701 e. The Labute approximate surface area is 134 Å². The minimum Gasteiger partial charge on any atom is -0.399 e. The van der Waals surface area contributed by atoms with Crippen LogP contribution >= 0.6 is 0 Å². The molecule has 4 heteroatoms. The molecule has 1 aromatic carbocycles. The van der Waals surface area contributed by atoms with Gasteiger partial charge in [0, 0.05) is 30.1 Å². The molecule has 1 aliphatic rings. The first kappa shape index (κ1) is 17.1. The molecule has 0 fully saturated rings. The van der Waals surface area contributed by atoms with E-state index in [1.807, 2.05) is 13.0 Å². The highest BCUT2D eigenvalue weighted by molar-refractivity contribution is 5.65. The summed E-state index contributed by atoms with van der Waals surface area (Å²) in [7, 11) is 0. The fourth-order valence-corrected chi connectivity index (χ4v) is 3.45. The third kappa shape index (κ3) is 3.93. The van der Waals surface area contributed by atoms with Crippen LogP contribution in [-0.2, 0) is 9.47 Å². The van der Waals surface area contributed by atoms with E-state index >= 15 is 0 Å². The minimum atomic E-state index is 0.115. The second-order valence-electron chi connectivity index (χ2n) is 6.70. The van der Waals surface area contributed by atoms with E-state index in [1.165, 1.54) is 11.3 Å². The SMILES string of the molecule is CCOCCOCCN1c2cc(N)ccc2C(C)CC1(C)C. The van der Waals surface area contributed by atoms with Gasteiger partial charge in [-0.05, 0) is 50.8 Å². The monoisotopic (exact) mass is 306 g/mol. The number of fused-ring (bicyclic) bond motifs is 1. The van der Waals surface area contributed by atoms with Gasteiger partial charge in [-0.3, -0.25) is 0 Å². The third-order valence-corrected chi connectivity index (χ3v) is 4.45. The normalized spacial score (nSPS) is 20.0. The maximum atomic E-state index is 6.01. The molecular weight excluding hydrogens is 276 g/mol. The lowest BCUT2D eigenvalue weighted by atomic mass is 9.80. The van der Waals surface area contributed by atoms with Gasteiger partial charge in [0.2, 0.25) is 0 Å². The first-order chi connectivity index (χ1) is 10.5. The molecule has 0 saturated heterocycles. The fourth-order valence-electron chi connectivity index (χ4n) is 3.45. The van der Waals surface area contributed by atoms with Crippen molar-refractivity contribution in [2.45, 2.75) is 45.6 Å². The molecule has 22 heavy (non-hydrogen) atoms. The molecule has 1 heterocycles. The van der Waals surface area contributed by atoms with Crippen LogP contribution in [0.1, 0.15) is 45.6 Å². The lowest BCUT2D eigenvalue weighted by Crippen LogP contribution is -2.49. The maximum Gasteiger partial charge on any atom is 0.0701 e. The molecule has 0 radical (unpaired) electrons. The van der Waals surface area contributed by atoms with Gasteiger partial charge in [-0.15, -0.1) is 0 Å². The van der Waals surface area contributed by atoms with Crippen LogP contribution in [0, 0.1) is 0 Å². The molecule has 0 aliphatic carbocycles. The molecule has 0 spiro atoms. The molecule has 0 bridgehead atoms. The predicted molar refractivity (Wildman–Crippen MR) is 92.6 cm³/mol. The minimum absolute atomic E-state index is 0.115. The molecule has 0 aromatic heterocycles. The van der Waals surface area contributed by atoms with Gasteiger partial charge in [0.1, 0.15) is 0 Å². The first-order valence-corrected chi connectivity index (χ1v) is 8.28. The van der Waals surface area contributed by atoms with E-state index in [9.17, 15) is 0 Å². The van der Waals surface area contributed by atoms with Gasteiger partial charge in [0.15, 0.2) is 0 Å². The van der Waals surface area contributed by atoms with Crippen LogP contribution in [0.15, 0.2) is 18.2 Å². The number of nitrogen functional groups attached to an aromatic ring is 1. The van der Waals surface area contributed by atoms with Gasteiger partial charge in [-0.1, -0.05) is 13.0 Å². The van der Waals surface area contributed by atoms with E-state index in [-0.39, 0.29) is 5.54 Å². The average Bonchev–Trinajstić information content (AvgIpc) is 2.44. The largest absolute Gasteiger partial charge is 0.399 e. The summed E-state index contributed by atoms with van der Waals surface area (Å²) in [4.78, 5) is 2.44. The Balaban J connectivity index is 2.05. The van der Waals surface area contributed by atoms with Gasteiger partial charge in [0.25, 0.3) is 0 Å². The summed E-state index contributed by atoms with van der Waals surface area (Å²) in [5.74, 6) is 0.556. The van der Waals surface area contributed by atoms with Crippen molar-refractivity contribution in [1.29, 1.82) is 0 Å². The van der Waals surface area contributed by atoms with Crippen molar-refractivity contribution in [2.24, 2.45) is 0 Å². The van der Waals surface area contributed by atoms with Gasteiger partial charge in [-0.25, -0.2) is 0 Å². The van der Waals surface area contributed by atoms with Crippen LogP contribution in [-0.4, -0.2) is 38.5 Å². The zero-order valence-corrected chi connectivity index (χ0v) is 14.4. The number of nitrogens with zero attached hydrogens (tertiary/aromatic N) is 1. The van der Waals surface area contributed by atoms with Crippen LogP contribution in [0.25, 0.3) is 0 Å². The lowest BCUT2D eigenvalue weighted by molar-refractivity contribution is 0.0542. The van der Waals surface area contributed by atoms with Crippen molar-refractivity contribution in [3.63, 3.8) is 0 Å². The predicted octanol–water partition coefficient (Wildman–Crippen LogP) is 3.41. The number of anilines is 2. The molecule has 4 nitrogen and oxygen atoms in total. The summed E-state index contributed by atoms with van der Waals surface area (Å²) >= 11 is 0. The second-order valence-corrected chi connectivity index (χ2v) is 6.70. The van der Waals surface area contributed by atoms with Crippen molar-refractivity contribution in [3.05, 3.63) is 23.8 Å². The summed E-state index contributed by atoms with van der Waals surface area (Å²) in [5.41, 5.74) is 9.61. The van der Waals surface area contributed by atoms with E-state index in [0.29, 0.717) is 25.7 Å². The molecule has 1 atom stereocenters. The van der Waals surface area contributed by atoms with Crippen molar-refractivity contribution in [3.8, 4) is 0 Å². The van der Waals surface area contributed by atoms with E-state index in [4.69, 9.17) is 15.2 Å². The third-order valence-electron chi connectivity index (χ3n) is 4.45. The van der Waals surface area contributed by atoms with Crippen LogP contribution in [0.3, 0.4) is 0 Å². The van der Waals surface area contributed by atoms with Gasteiger partial charge in [0.05, 0.1) is 19.8 Å². The second kappa shape index (κ2) is 7.34. The summed E-state index contributed by atoms with van der Waals surface area (Å²) in [6.45, 7) is 12.5. The van der Waals surface area contributed by atoms with Crippen LogP contribution in [0.5, 0.6) is 0 Å². The number of benzene rings is 1. The summed E-state index contributed by atoms with van der Waals surface area (Å²) in [5, 5.41) is 0. The molecule has 0 saturated carbocycles. The Kier molecular flexibility index (Phi) is 5.70. The van der Waals surface area contributed by atoms with Crippen molar-refractivity contribution < 1.29 is 9.47 Å². The van der Waals surface area contributed by atoms with Crippen molar-refractivity contribution >= 4 is 11.4 Å². The van der Waals surface area contributed by atoms with Gasteiger partial charge >= 0.3 is 0 Å². The zero-order valence-electron chi connectivity index (χ0n) is 14.4. The zero-order chi connectivity index (χ0) is 16.2. The molecule has 0 amide bonds. The fraction of sp³-hybridized carbons (Fsp3) is 0.667. The highest BCUT2D eigenvalue weighted by Crippen LogP contribution is 2.43. The van der Waals surface area contributed by atoms with Crippen molar-refractivity contribution in [1.82, 2.24) is 0 Å². The Bertz CT molecular complexity index is 488. The van der Waals surface area contributed by atoms with E-state index in [1.54, 1.807) is 0 Å². The average molecular weight is 306 g/mol. The van der Waals surface area contributed by atoms with E-state index < -0.39 is 0 Å². The molecule has 2 N–H and O–H groups in total. The number of hydrogen-bond acceptors (Lipinski definition) is 4. The number of ether oxygens (including phenoxy) is 2. The van der Waals surface area contributed by atoms with Crippen LogP contribution < -0.4 is 10.6 Å². The molecule has 2 rings (SSSR count). The van der Waals surface area contributed by atoms with Crippen LogP contribution in [0.4, 0.5) is 11.4 Å². The standard InChI is InChI=1S/C18H30N2O2/c1-5-21-10-11-22-9-8-20-17-12-15(19)6-7-16(17)14(2)13-18(20,3)4/h6-7,12,14H,5,8-11,13,19H2,1-4H3. The highest BCUT2D eigenvalue weighted by Gasteiger charge is 2.35. The van der Waals surface area contributed by atoms with Crippen molar-refractivity contribution in [2.75, 3.05) is 43.6 Å². The van der Waals surface area contributed by atoms with Crippen LogP contribution in [0.2, 0.25) is 0 Å². The summed E-state index contributed by atoms with van der Waals surface area (Å²) in [6.07, 6.45) is 1.14. The van der Waals surface area contributed by atoms with E-state index in [2.05, 4.69) is 37.8 Å². The maximum absolute atomic E-state index is 6.01. The molecule has 1 unspecified atom stereocenters. The number of rotatable bonds is 7. The highest BCUT2D eigenvalue weighted by atomic mass is 16.5. The Morgan fingerprint density at radius 1 is 1.23 bits per heavy atom. The van der Waals surface area contributed by atoms with E-state index in [0.717, 1.165) is 25.3 Å². The van der Waals surface area contributed by atoms with Gasteiger partial charge < -0.3 is 20.1 Å². The molecule has 1 aliphatic heterocycles. The number of hydrogen-bond donors (Lipinski definition) is 1. The lowest BCUT2D eigenvalue weighted by Gasteiger charge is -2.47. The first-order valence-electron chi connectivity index (χ1n) is 8.28.